The third-order valence-corrected chi connectivity index (χ3v) is 1.99. The predicted octanol–water partition coefficient (Wildman–Crippen LogP) is 2.35. The molecule has 0 aliphatic rings. The Bertz CT molecular complexity index is 175. The Hall–Kier alpha value is -0.830. The molecular weight excluding hydrogens is 180 g/mol. The monoisotopic (exact) mass is 200 g/mol. The topological polar surface area (TPSA) is 57.5 Å². The van der Waals surface area contributed by atoms with Crippen molar-refractivity contribution in [2.75, 3.05) is 0 Å². The first-order chi connectivity index (χ1) is 6.66. The molecule has 0 aromatic heterocycles. The molecule has 0 aromatic rings. The molecule has 3 nitrogen and oxygen atoms in total. The first-order valence-corrected chi connectivity index (χ1v) is 5.21. The largest absolute Gasteiger partial charge is 0.481 e. The van der Waals surface area contributed by atoms with Gasteiger partial charge in [-0.2, -0.15) is 0 Å². The molecule has 0 aromatic carbocycles. The first kappa shape index (κ1) is 13.2. The van der Waals surface area contributed by atoms with E-state index in [4.69, 9.17) is 5.11 Å². The summed E-state index contributed by atoms with van der Waals surface area (Å²) in [4.78, 5) is 10.2. The fourth-order valence-corrected chi connectivity index (χ4v) is 1.19. The van der Waals surface area contributed by atoms with Gasteiger partial charge in [0.25, 0.3) is 0 Å². The van der Waals surface area contributed by atoms with Gasteiger partial charge in [-0.25, -0.2) is 0 Å². The van der Waals surface area contributed by atoms with Crippen molar-refractivity contribution in [3.63, 3.8) is 0 Å². The van der Waals surface area contributed by atoms with E-state index in [0.29, 0.717) is 19.3 Å². The van der Waals surface area contributed by atoms with Gasteiger partial charge in [0, 0.05) is 6.42 Å². The van der Waals surface area contributed by atoms with Crippen molar-refractivity contribution in [2.24, 2.45) is 0 Å². The number of aliphatic carboxylic acids is 1. The highest BCUT2D eigenvalue weighted by molar-refractivity contribution is 5.66. The van der Waals surface area contributed by atoms with Gasteiger partial charge in [0.15, 0.2) is 0 Å². The first-order valence-electron chi connectivity index (χ1n) is 5.21. The number of allylic oxidation sites excluding steroid dienone is 1. The van der Waals surface area contributed by atoms with E-state index in [1.807, 2.05) is 12.2 Å². The summed E-state index contributed by atoms with van der Waals surface area (Å²) in [5, 5.41) is 17.8. The zero-order chi connectivity index (χ0) is 10.8. The van der Waals surface area contributed by atoms with Gasteiger partial charge in [0.1, 0.15) is 0 Å². The van der Waals surface area contributed by atoms with E-state index in [2.05, 4.69) is 6.92 Å². The maximum absolute atomic E-state index is 10.2. The lowest BCUT2D eigenvalue weighted by atomic mass is 10.1. The number of hydrogen-bond acceptors (Lipinski definition) is 2. The van der Waals surface area contributed by atoms with Crippen LogP contribution in [0.15, 0.2) is 12.2 Å². The number of carbonyl (C=O) groups is 1. The number of carboxylic acid groups (broad SMARTS) is 1. The highest BCUT2D eigenvalue weighted by Crippen LogP contribution is 2.07. The smallest absolute Gasteiger partial charge is 0.303 e. The summed E-state index contributed by atoms with van der Waals surface area (Å²) < 4.78 is 0. The molecule has 82 valence electrons. The van der Waals surface area contributed by atoms with E-state index >= 15 is 0 Å². The fraction of sp³-hybridized carbons (Fsp3) is 0.727. The van der Waals surface area contributed by atoms with E-state index in [1.54, 1.807) is 0 Å². The second-order valence-corrected chi connectivity index (χ2v) is 3.41. The average Bonchev–Trinajstić information content (AvgIpc) is 2.13. The van der Waals surface area contributed by atoms with Gasteiger partial charge in [-0.3, -0.25) is 4.79 Å². The quantitative estimate of drug-likeness (QED) is 0.467. The average molecular weight is 200 g/mol. The van der Waals surface area contributed by atoms with E-state index in [0.717, 1.165) is 12.8 Å². The van der Waals surface area contributed by atoms with Crippen LogP contribution in [0.25, 0.3) is 0 Å². The van der Waals surface area contributed by atoms with Gasteiger partial charge in [-0.1, -0.05) is 25.5 Å². The van der Waals surface area contributed by atoms with Crippen molar-refractivity contribution < 1.29 is 15.0 Å². The lowest BCUT2D eigenvalue weighted by molar-refractivity contribution is -0.137. The van der Waals surface area contributed by atoms with Gasteiger partial charge in [0.2, 0.25) is 0 Å². The molecule has 0 saturated heterocycles. The van der Waals surface area contributed by atoms with Crippen LogP contribution in [0.4, 0.5) is 0 Å². The number of hydrogen-bond donors (Lipinski definition) is 2. The normalized spacial score (nSPS) is 13.3. The van der Waals surface area contributed by atoms with E-state index in [9.17, 15) is 9.90 Å². The predicted molar refractivity (Wildman–Crippen MR) is 56.2 cm³/mol. The van der Waals surface area contributed by atoms with Crippen molar-refractivity contribution in [1.29, 1.82) is 0 Å². The minimum absolute atomic E-state index is 0.206. The molecule has 3 heteroatoms. The van der Waals surface area contributed by atoms with Crippen molar-refractivity contribution in [1.82, 2.24) is 0 Å². The third kappa shape index (κ3) is 9.26. The van der Waals surface area contributed by atoms with Crippen LogP contribution in [0, 0.1) is 0 Å². The molecule has 1 atom stereocenters. The molecule has 2 N–H and O–H groups in total. The Balaban J connectivity index is 3.30. The molecule has 0 saturated carbocycles. The molecule has 0 aliphatic carbocycles. The van der Waals surface area contributed by atoms with Gasteiger partial charge >= 0.3 is 5.97 Å². The number of aliphatic hydroxyl groups is 1. The molecule has 1 unspecified atom stereocenters. The van der Waals surface area contributed by atoms with Crippen LogP contribution >= 0.6 is 0 Å². The maximum Gasteiger partial charge on any atom is 0.303 e. The molecule has 14 heavy (non-hydrogen) atoms. The summed E-state index contributed by atoms with van der Waals surface area (Å²) in [6.45, 7) is 2.05. The van der Waals surface area contributed by atoms with Crippen LogP contribution in [0.1, 0.15) is 45.4 Å². The highest BCUT2D eigenvalue weighted by Gasteiger charge is 2.02. The SMILES string of the molecule is CC/C=C\CC(O)CCCCC(=O)O. The molecule has 0 rings (SSSR count). The van der Waals surface area contributed by atoms with E-state index in [-0.39, 0.29) is 12.5 Å². The van der Waals surface area contributed by atoms with Crippen LogP contribution in [0.2, 0.25) is 0 Å². The summed E-state index contributed by atoms with van der Waals surface area (Å²) >= 11 is 0. The van der Waals surface area contributed by atoms with Gasteiger partial charge in [-0.05, 0) is 25.7 Å². The van der Waals surface area contributed by atoms with E-state index < -0.39 is 5.97 Å². The Labute approximate surface area is 85.4 Å². The summed E-state index contributed by atoms with van der Waals surface area (Å²) in [5.74, 6) is -0.759. The van der Waals surface area contributed by atoms with Crippen LogP contribution in [0.5, 0.6) is 0 Å². The molecule has 0 aliphatic heterocycles. The number of aliphatic hydroxyl groups excluding tert-OH is 1. The Kier molecular flexibility index (Phi) is 8.24. The molecule has 0 bridgehead atoms. The lowest BCUT2D eigenvalue weighted by Gasteiger charge is -2.06. The Morgan fingerprint density at radius 3 is 2.64 bits per heavy atom. The summed E-state index contributed by atoms with van der Waals surface area (Å²) in [6, 6.07) is 0. The van der Waals surface area contributed by atoms with Crippen molar-refractivity contribution in [2.45, 2.75) is 51.6 Å². The summed E-state index contributed by atoms with van der Waals surface area (Å²) in [7, 11) is 0. The third-order valence-electron chi connectivity index (χ3n) is 1.99. The zero-order valence-electron chi connectivity index (χ0n) is 8.78. The standard InChI is InChI=1S/C11H20O3/c1-2-3-4-7-10(12)8-5-6-9-11(13)14/h3-4,10,12H,2,5-9H2,1H3,(H,13,14)/b4-3-. The second kappa shape index (κ2) is 8.75. The molecule has 0 amide bonds. The zero-order valence-corrected chi connectivity index (χ0v) is 8.78. The minimum Gasteiger partial charge on any atom is -0.481 e. The van der Waals surface area contributed by atoms with Crippen molar-refractivity contribution in [3.8, 4) is 0 Å². The van der Waals surface area contributed by atoms with E-state index in [1.165, 1.54) is 0 Å². The molecular formula is C11H20O3. The number of rotatable bonds is 8. The molecule has 0 fully saturated rings. The van der Waals surface area contributed by atoms with Gasteiger partial charge < -0.3 is 10.2 Å². The molecule has 0 spiro atoms. The fourth-order valence-electron chi connectivity index (χ4n) is 1.19. The molecule has 0 heterocycles. The second-order valence-electron chi connectivity index (χ2n) is 3.41. The van der Waals surface area contributed by atoms with Crippen LogP contribution in [0.3, 0.4) is 0 Å². The molecule has 0 radical (unpaired) electrons. The van der Waals surface area contributed by atoms with Crippen LogP contribution in [-0.4, -0.2) is 22.3 Å². The number of unbranched alkanes of at least 4 members (excludes halogenated alkanes) is 1. The Morgan fingerprint density at radius 2 is 2.07 bits per heavy atom. The van der Waals surface area contributed by atoms with Crippen LogP contribution in [-0.2, 0) is 4.79 Å². The van der Waals surface area contributed by atoms with Gasteiger partial charge in [-0.15, -0.1) is 0 Å². The van der Waals surface area contributed by atoms with Crippen molar-refractivity contribution in [3.05, 3.63) is 12.2 Å². The minimum atomic E-state index is -0.759. The maximum atomic E-state index is 10.2. The Morgan fingerprint density at radius 1 is 1.36 bits per heavy atom. The number of carboxylic acids is 1. The lowest BCUT2D eigenvalue weighted by Crippen LogP contribution is -2.05. The van der Waals surface area contributed by atoms with Crippen molar-refractivity contribution >= 4 is 5.97 Å². The van der Waals surface area contributed by atoms with Crippen LogP contribution < -0.4 is 0 Å². The highest BCUT2D eigenvalue weighted by atomic mass is 16.4. The van der Waals surface area contributed by atoms with Gasteiger partial charge in [0.05, 0.1) is 6.10 Å². The summed E-state index contributed by atoms with van der Waals surface area (Å²) in [5.41, 5.74) is 0. The summed E-state index contributed by atoms with van der Waals surface area (Å²) in [6.07, 6.45) is 7.71.